The summed E-state index contributed by atoms with van der Waals surface area (Å²) in [7, 11) is 1.58. The summed E-state index contributed by atoms with van der Waals surface area (Å²) in [5, 5.41) is 12.3. The Labute approximate surface area is 157 Å². The summed E-state index contributed by atoms with van der Waals surface area (Å²) in [5.74, 6) is 1.86. The first-order valence-corrected chi connectivity index (χ1v) is 8.90. The zero-order valence-electron chi connectivity index (χ0n) is 14.1. The van der Waals surface area contributed by atoms with Gasteiger partial charge in [-0.05, 0) is 36.4 Å². The molecule has 9 heteroatoms. The number of benzene rings is 2. The average molecular weight is 384 g/mol. The van der Waals surface area contributed by atoms with E-state index in [0.717, 1.165) is 5.56 Å². The second-order valence-corrected chi connectivity index (χ2v) is 6.31. The van der Waals surface area contributed by atoms with Crippen molar-refractivity contribution in [2.75, 3.05) is 7.11 Å². The van der Waals surface area contributed by atoms with Gasteiger partial charge in [0.25, 0.3) is 11.1 Å². The number of hydrogen-bond acceptors (Lipinski definition) is 8. The van der Waals surface area contributed by atoms with Gasteiger partial charge in [-0.2, -0.15) is 4.98 Å². The van der Waals surface area contributed by atoms with Gasteiger partial charge in [-0.3, -0.25) is 0 Å². The van der Waals surface area contributed by atoms with E-state index in [0.29, 0.717) is 39.9 Å². The lowest BCUT2D eigenvalue weighted by Crippen LogP contribution is -1.87. The molecule has 2 heterocycles. The zero-order chi connectivity index (χ0) is 18.6. The minimum Gasteiger partial charge on any atom is -0.496 e. The topological polar surface area (TPSA) is 87.1 Å². The number of aromatic nitrogens is 4. The monoisotopic (exact) mass is 384 g/mol. The zero-order valence-corrected chi connectivity index (χ0v) is 14.9. The van der Waals surface area contributed by atoms with Crippen molar-refractivity contribution in [1.29, 1.82) is 0 Å². The molecule has 0 aliphatic heterocycles. The molecule has 0 bridgehead atoms. The Hall–Kier alpha value is -3.20. The van der Waals surface area contributed by atoms with Crippen LogP contribution in [0.3, 0.4) is 0 Å². The van der Waals surface area contributed by atoms with Gasteiger partial charge < -0.3 is 13.7 Å². The highest BCUT2D eigenvalue weighted by atomic mass is 32.2. The van der Waals surface area contributed by atoms with Crippen LogP contribution >= 0.6 is 11.8 Å². The second kappa shape index (κ2) is 7.58. The van der Waals surface area contributed by atoms with Crippen LogP contribution in [0.5, 0.6) is 5.75 Å². The third-order valence-corrected chi connectivity index (χ3v) is 4.44. The molecule has 0 aliphatic rings. The first kappa shape index (κ1) is 17.2. The third kappa shape index (κ3) is 3.82. The maximum atomic E-state index is 13.0. The van der Waals surface area contributed by atoms with Crippen LogP contribution in [0.15, 0.2) is 62.7 Å². The summed E-state index contributed by atoms with van der Waals surface area (Å²) in [6.45, 7) is 0. The Morgan fingerprint density at radius 3 is 2.70 bits per heavy atom. The van der Waals surface area contributed by atoms with E-state index >= 15 is 0 Å². The molecule has 7 nitrogen and oxygen atoms in total. The van der Waals surface area contributed by atoms with Crippen LogP contribution in [0.2, 0.25) is 0 Å². The maximum absolute atomic E-state index is 13.0. The highest BCUT2D eigenvalue weighted by Gasteiger charge is 2.15. The smallest absolute Gasteiger partial charge is 0.277 e. The summed E-state index contributed by atoms with van der Waals surface area (Å²) >= 11 is 1.28. The number of thioether (sulfide) groups is 1. The van der Waals surface area contributed by atoms with Crippen molar-refractivity contribution in [3.05, 3.63) is 60.2 Å². The van der Waals surface area contributed by atoms with Gasteiger partial charge >= 0.3 is 0 Å². The van der Waals surface area contributed by atoms with E-state index < -0.39 is 0 Å². The van der Waals surface area contributed by atoms with Crippen LogP contribution in [-0.2, 0) is 5.75 Å². The lowest BCUT2D eigenvalue weighted by molar-refractivity contribution is 0.390. The van der Waals surface area contributed by atoms with Crippen molar-refractivity contribution < 1.29 is 18.1 Å². The molecule has 2 aromatic carbocycles. The maximum Gasteiger partial charge on any atom is 0.277 e. The van der Waals surface area contributed by atoms with Crippen molar-refractivity contribution in [2.24, 2.45) is 0 Å². The Morgan fingerprint density at radius 1 is 1.07 bits per heavy atom. The number of nitrogens with zero attached hydrogens (tertiary/aromatic N) is 4. The predicted molar refractivity (Wildman–Crippen MR) is 95.5 cm³/mol. The molecule has 0 unspecified atom stereocenters. The van der Waals surface area contributed by atoms with Crippen molar-refractivity contribution in [2.45, 2.75) is 11.0 Å². The Balaban J connectivity index is 1.44. The van der Waals surface area contributed by atoms with Gasteiger partial charge in [0.1, 0.15) is 11.6 Å². The second-order valence-electron chi connectivity index (χ2n) is 5.38. The minimum absolute atomic E-state index is 0.319. The largest absolute Gasteiger partial charge is 0.496 e. The van der Waals surface area contributed by atoms with E-state index in [1.165, 1.54) is 23.9 Å². The summed E-state index contributed by atoms with van der Waals surface area (Å²) in [6.07, 6.45) is 0. The minimum atomic E-state index is -0.319. The summed E-state index contributed by atoms with van der Waals surface area (Å²) in [6, 6.07) is 13.3. The molecular formula is C18H13FN4O3S. The third-order valence-electron chi connectivity index (χ3n) is 3.63. The fraction of sp³-hybridized carbons (Fsp3) is 0.111. The molecule has 27 heavy (non-hydrogen) atoms. The van der Waals surface area contributed by atoms with E-state index in [4.69, 9.17) is 13.7 Å². The fourth-order valence-electron chi connectivity index (χ4n) is 2.35. The number of halogens is 1. The van der Waals surface area contributed by atoms with Crippen LogP contribution in [0.25, 0.3) is 22.8 Å². The number of para-hydroxylation sites is 1. The Bertz CT molecular complexity index is 1050. The Morgan fingerprint density at radius 2 is 1.89 bits per heavy atom. The van der Waals surface area contributed by atoms with E-state index in [2.05, 4.69) is 20.3 Å². The first-order chi connectivity index (χ1) is 13.2. The van der Waals surface area contributed by atoms with E-state index in [9.17, 15) is 4.39 Å². The normalized spacial score (nSPS) is 10.9. The van der Waals surface area contributed by atoms with Gasteiger partial charge in [-0.1, -0.05) is 29.1 Å². The molecular weight excluding hydrogens is 371 g/mol. The van der Waals surface area contributed by atoms with Crippen LogP contribution in [0.4, 0.5) is 4.39 Å². The van der Waals surface area contributed by atoms with Gasteiger partial charge in [-0.15, -0.1) is 10.2 Å². The van der Waals surface area contributed by atoms with Crippen molar-refractivity contribution >= 4 is 11.8 Å². The number of rotatable bonds is 6. The van der Waals surface area contributed by atoms with Crippen molar-refractivity contribution in [3.8, 4) is 28.6 Å². The molecule has 0 aliphatic carbocycles. The molecule has 0 saturated carbocycles. The van der Waals surface area contributed by atoms with Crippen LogP contribution in [0, 0.1) is 5.82 Å². The van der Waals surface area contributed by atoms with Crippen LogP contribution in [-0.4, -0.2) is 27.4 Å². The molecule has 0 radical (unpaired) electrons. The molecule has 2 aromatic heterocycles. The number of ether oxygens (including phenoxy) is 1. The summed E-state index contributed by atoms with van der Waals surface area (Å²) in [5.41, 5.74) is 1.39. The number of methoxy groups -OCH3 is 1. The van der Waals surface area contributed by atoms with Gasteiger partial charge in [0.15, 0.2) is 0 Å². The molecule has 136 valence electrons. The fourth-order valence-corrected chi connectivity index (χ4v) is 2.95. The molecule has 0 fully saturated rings. The SMILES string of the molecule is COc1ccccc1-c1nnc(SCc2nc(-c3ccc(F)cc3)no2)o1. The van der Waals surface area contributed by atoms with Gasteiger partial charge in [0.2, 0.25) is 11.7 Å². The number of hydrogen-bond donors (Lipinski definition) is 0. The average Bonchev–Trinajstić information content (AvgIpc) is 3.36. The molecule has 0 amide bonds. The summed E-state index contributed by atoms with van der Waals surface area (Å²) < 4.78 is 29.2. The van der Waals surface area contributed by atoms with E-state index in [-0.39, 0.29) is 5.82 Å². The standard InChI is InChI=1S/C18H13FN4O3S/c1-24-14-5-3-2-4-13(14)17-21-22-18(25-17)27-10-15-20-16(23-26-15)11-6-8-12(19)9-7-11/h2-9H,10H2,1H3. The molecule has 0 atom stereocenters. The molecule has 0 saturated heterocycles. The quantitative estimate of drug-likeness (QED) is 0.457. The molecule has 4 rings (SSSR count). The van der Waals surface area contributed by atoms with Crippen molar-refractivity contribution in [3.63, 3.8) is 0 Å². The highest BCUT2D eigenvalue weighted by Crippen LogP contribution is 2.31. The molecule has 0 N–H and O–H groups in total. The van der Waals surface area contributed by atoms with Gasteiger partial charge in [-0.25, -0.2) is 4.39 Å². The van der Waals surface area contributed by atoms with Crippen molar-refractivity contribution in [1.82, 2.24) is 20.3 Å². The Kier molecular flexibility index (Phi) is 4.84. The lowest BCUT2D eigenvalue weighted by Gasteiger charge is -2.03. The predicted octanol–water partition coefficient (Wildman–Crippen LogP) is 4.23. The lowest BCUT2D eigenvalue weighted by atomic mass is 10.2. The highest BCUT2D eigenvalue weighted by molar-refractivity contribution is 7.98. The van der Waals surface area contributed by atoms with E-state index in [1.807, 2.05) is 24.3 Å². The van der Waals surface area contributed by atoms with Gasteiger partial charge in [0.05, 0.1) is 18.4 Å². The van der Waals surface area contributed by atoms with E-state index in [1.54, 1.807) is 19.2 Å². The molecule has 4 aromatic rings. The first-order valence-electron chi connectivity index (χ1n) is 7.91. The van der Waals surface area contributed by atoms with Crippen LogP contribution < -0.4 is 4.74 Å². The van der Waals surface area contributed by atoms with Gasteiger partial charge in [0, 0.05) is 5.56 Å². The van der Waals surface area contributed by atoms with Crippen LogP contribution in [0.1, 0.15) is 5.89 Å². The molecule has 0 spiro atoms. The summed E-state index contributed by atoms with van der Waals surface area (Å²) in [4.78, 5) is 4.29.